The highest BCUT2D eigenvalue weighted by molar-refractivity contribution is 6.13. The van der Waals surface area contributed by atoms with E-state index in [4.69, 9.17) is 9.15 Å². The van der Waals surface area contributed by atoms with Crippen LogP contribution in [0.25, 0.3) is 44.2 Å². The molecule has 2 aliphatic carbocycles. The summed E-state index contributed by atoms with van der Waals surface area (Å²) < 4.78 is 13.5. The summed E-state index contributed by atoms with van der Waals surface area (Å²) in [6.45, 7) is 4.69. The molecule has 0 unspecified atom stereocenters. The number of anilines is 3. The number of para-hydroxylation sites is 2. The number of nitrogens with zero attached hydrogens (tertiary/aromatic N) is 1. The maximum atomic E-state index is 7.00. The number of ether oxygens (including phenoxy) is 1. The van der Waals surface area contributed by atoms with E-state index in [-0.39, 0.29) is 5.41 Å². The number of furan rings is 1. The second kappa shape index (κ2) is 10.9. The lowest BCUT2D eigenvalue weighted by Crippen LogP contribution is -2.32. The Bertz CT molecular complexity index is 3030. The SMILES string of the molecule is CC1(C)c2ccccc2-c2ccc(N(c3ccc4c(c3)Oc3ccccc3C43c4ccccc4-c4ccccc43)c3cccc4oc5ccccc5c34)cc21. The van der Waals surface area contributed by atoms with Crippen molar-refractivity contribution in [1.82, 2.24) is 0 Å². The first-order valence-electron chi connectivity index (χ1n) is 19.1. The van der Waals surface area contributed by atoms with E-state index in [1.807, 2.05) is 6.07 Å². The molecule has 3 aliphatic rings. The summed E-state index contributed by atoms with van der Waals surface area (Å²) in [5.41, 5.74) is 16.9. The Kier molecular flexibility index (Phi) is 6.05. The summed E-state index contributed by atoms with van der Waals surface area (Å²) in [5, 5.41) is 2.17. The minimum atomic E-state index is -0.523. The highest BCUT2D eigenvalue weighted by Gasteiger charge is 2.51. The van der Waals surface area contributed by atoms with Gasteiger partial charge in [0.1, 0.15) is 22.7 Å². The van der Waals surface area contributed by atoms with Gasteiger partial charge in [-0.1, -0.05) is 141 Å². The Hall–Kier alpha value is -6.84. The Morgan fingerprint density at radius 3 is 1.76 bits per heavy atom. The van der Waals surface area contributed by atoms with Gasteiger partial charge in [-0.25, -0.2) is 0 Å². The van der Waals surface area contributed by atoms with Gasteiger partial charge >= 0.3 is 0 Å². The first kappa shape index (κ1) is 30.6. The van der Waals surface area contributed by atoms with Crippen molar-refractivity contribution in [2.75, 3.05) is 4.90 Å². The molecule has 0 N–H and O–H groups in total. The standard InChI is InChI=1S/C52H35NO2/c1-51(2)39-18-7-3-14-34(39)37-28-26-32(30-44(37)51)53(45-22-13-25-48-50(45)38-17-6-11-23-46(38)54-48)33-27-29-43-49(31-33)55-47-24-12-10-21-42(47)52(43)40-19-8-4-15-35(40)36-16-5-9-20-41(36)52/h3-31H,1-2H3. The molecule has 0 fully saturated rings. The van der Waals surface area contributed by atoms with E-state index in [2.05, 4.69) is 189 Å². The molecule has 3 nitrogen and oxygen atoms in total. The van der Waals surface area contributed by atoms with Crippen molar-refractivity contribution in [2.45, 2.75) is 24.7 Å². The van der Waals surface area contributed by atoms with Crippen LogP contribution in [-0.2, 0) is 10.8 Å². The van der Waals surface area contributed by atoms with E-state index in [1.54, 1.807) is 0 Å². The molecule has 0 atom stereocenters. The highest BCUT2D eigenvalue weighted by Crippen LogP contribution is 2.62. The first-order valence-corrected chi connectivity index (χ1v) is 19.1. The Labute approximate surface area is 319 Å². The second-order valence-electron chi connectivity index (χ2n) is 15.6. The second-order valence-corrected chi connectivity index (χ2v) is 15.6. The Morgan fingerprint density at radius 1 is 0.418 bits per heavy atom. The summed E-state index contributed by atoms with van der Waals surface area (Å²) in [6.07, 6.45) is 0. The van der Waals surface area contributed by atoms with Crippen molar-refractivity contribution >= 4 is 39.0 Å². The largest absolute Gasteiger partial charge is 0.457 e. The zero-order valence-electron chi connectivity index (χ0n) is 30.5. The summed E-state index contributed by atoms with van der Waals surface area (Å²) in [7, 11) is 0. The molecule has 0 radical (unpaired) electrons. The Balaban J connectivity index is 1.13. The van der Waals surface area contributed by atoms with Crippen LogP contribution in [0.2, 0.25) is 0 Å². The van der Waals surface area contributed by atoms with E-state index < -0.39 is 5.41 Å². The normalized spacial score (nSPS) is 14.8. The van der Waals surface area contributed by atoms with Crippen LogP contribution in [0.15, 0.2) is 180 Å². The van der Waals surface area contributed by atoms with Crippen molar-refractivity contribution in [2.24, 2.45) is 0 Å². The van der Waals surface area contributed by atoms with Crippen LogP contribution < -0.4 is 9.64 Å². The molecule has 2 heterocycles. The monoisotopic (exact) mass is 705 g/mol. The molecule has 8 aromatic carbocycles. The summed E-state index contributed by atoms with van der Waals surface area (Å²) in [4.78, 5) is 2.40. The average molecular weight is 706 g/mol. The van der Waals surface area contributed by atoms with Gasteiger partial charge < -0.3 is 14.1 Å². The van der Waals surface area contributed by atoms with Gasteiger partial charge in [-0.2, -0.15) is 0 Å². The minimum Gasteiger partial charge on any atom is -0.457 e. The first-order chi connectivity index (χ1) is 27.0. The van der Waals surface area contributed by atoms with Crippen LogP contribution in [0.1, 0.15) is 47.2 Å². The highest BCUT2D eigenvalue weighted by atomic mass is 16.5. The predicted octanol–water partition coefficient (Wildman–Crippen LogP) is 13.8. The zero-order valence-corrected chi connectivity index (χ0v) is 30.5. The van der Waals surface area contributed by atoms with Gasteiger partial charge in [0.2, 0.25) is 0 Å². The third-order valence-corrected chi connectivity index (χ3v) is 12.5. The summed E-state index contributed by atoms with van der Waals surface area (Å²) in [6, 6.07) is 63.8. The molecule has 0 saturated carbocycles. The average Bonchev–Trinajstić information content (AvgIpc) is 3.83. The third kappa shape index (κ3) is 3.94. The van der Waals surface area contributed by atoms with Gasteiger partial charge in [0, 0.05) is 39.4 Å². The number of hydrogen-bond acceptors (Lipinski definition) is 3. The van der Waals surface area contributed by atoms with Gasteiger partial charge in [0.05, 0.1) is 16.5 Å². The van der Waals surface area contributed by atoms with Crippen LogP contribution >= 0.6 is 0 Å². The predicted molar refractivity (Wildman–Crippen MR) is 223 cm³/mol. The van der Waals surface area contributed by atoms with Crippen molar-refractivity contribution in [1.29, 1.82) is 0 Å². The van der Waals surface area contributed by atoms with E-state index in [9.17, 15) is 0 Å². The third-order valence-electron chi connectivity index (χ3n) is 12.5. The fourth-order valence-electron chi connectivity index (χ4n) is 10.2. The van der Waals surface area contributed by atoms with Crippen molar-refractivity contribution < 1.29 is 9.15 Å². The zero-order chi connectivity index (χ0) is 36.5. The molecule has 3 heteroatoms. The van der Waals surface area contributed by atoms with Gasteiger partial charge in [-0.05, 0) is 87.0 Å². The van der Waals surface area contributed by atoms with Crippen LogP contribution in [0, 0.1) is 0 Å². The number of benzene rings is 8. The molecule has 0 amide bonds. The van der Waals surface area contributed by atoms with E-state index in [0.717, 1.165) is 56.1 Å². The molecule has 1 aliphatic heterocycles. The Morgan fingerprint density at radius 2 is 0.982 bits per heavy atom. The lowest BCUT2D eigenvalue weighted by molar-refractivity contribution is 0.436. The smallest absolute Gasteiger partial charge is 0.137 e. The molecular formula is C52H35NO2. The minimum absolute atomic E-state index is 0.153. The maximum Gasteiger partial charge on any atom is 0.137 e. The maximum absolute atomic E-state index is 7.00. The summed E-state index contributed by atoms with van der Waals surface area (Å²) >= 11 is 0. The number of fused-ring (bicyclic) bond motifs is 15. The molecule has 1 spiro atoms. The van der Waals surface area contributed by atoms with Crippen LogP contribution in [0.3, 0.4) is 0 Å². The van der Waals surface area contributed by atoms with Gasteiger partial charge in [0.25, 0.3) is 0 Å². The fraction of sp³-hybridized carbons (Fsp3) is 0.0769. The lowest BCUT2D eigenvalue weighted by Gasteiger charge is -2.40. The van der Waals surface area contributed by atoms with Crippen LogP contribution in [-0.4, -0.2) is 0 Å². The topological polar surface area (TPSA) is 25.6 Å². The van der Waals surface area contributed by atoms with Crippen molar-refractivity contribution in [3.8, 4) is 33.8 Å². The van der Waals surface area contributed by atoms with Gasteiger partial charge in [0.15, 0.2) is 0 Å². The van der Waals surface area contributed by atoms with Crippen LogP contribution in [0.5, 0.6) is 11.5 Å². The van der Waals surface area contributed by atoms with E-state index in [0.29, 0.717) is 0 Å². The lowest BCUT2D eigenvalue weighted by atomic mass is 9.66. The molecule has 0 bridgehead atoms. The molecule has 9 aromatic rings. The van der Waals surface area contributed by atoms with E-state index in [1.165, 1.54) is 50.1 Å². The molecule has 1 aromatic heterocycles. The molecule has 12 rings (SSSR count). The number of rotatable bonds is 3. The van der Waals surface area contributed by atoms with E-state index >= 15 is 0 Å². The van der Waals surface area contributed by atoms with Gasteiger partial charge in [-0.3, -0.25) is 0 Å². The van der Waals surface area contributed by atoms with Crippen molar-refractivity contribution in [3.63, 3.8) is 0 Å². The fourth-order valence-corrected chi connectivity index (χ4v) is 10.2. The van der Waals surface area contributed by atoms with Crippen LogP contribution in [0.4, 0.5) is 17.1 Å². The quantitative estimate of drug-likeness (QED) is 0.183. The van der Waals surface area contributed by atoms with Crippen molar-refractivity contribution in [3.05, 3.63) is 209 Å². The summed E-state index contributed by atoms with van der Waals surface area (Å²) in [5.74, 6) is 1.73. The van der Waals surface area contributed by atoms with Gasteiger partial charge in [-0.15, -0.1) is 0 Å². The molecule has 260 valence electrons. The molecular weight excluding hydrogens is 671 g/mol. The molecule has 0 saturated heterocycles. The number of hydrogen-bond donors (Lipinski definition) is 0. The molecule has 55 heavy (non-hydrogen) atoms.